The van der Waals surface area contributed by atoms with E-state index in [1.165, 1.54) is 6.20 Å². The highest BCUT2D eigenvalue weighted by Gasteiger charge is 2.12. The molecule has 1 aromatic heterocycles. The number of hydrogen-bond donors (Lipinski definition) is 2. The SMILES string of the molecule is CC(C)c1cc(C(C)C)c(N)c(/C=C\N)n1. The van der Waals surface area contributed by atoms with Gasteiger partial charge in [-0.2, -0.15) is 0 Å². The van der Waals surface area contributed by atoms with E-state index in [-0.39, 0.29) is 0 Å². The third-order valence-corrected chi connectivity index (χ3v) is 2.61. The molecule has 88 valence electrons. The maximum Gasteiger partial charge on any atom is 0.0879 e. The van der Waals surface area contributed by atoms with Gasteiger partial charge in [-0.3, -0.25) is 4.98 Å². The summed E-state index contributed by atoms with van der Waals surface area (Å²) < 4.78 is 0. The number of nitrogens with two attached hydrogens (primary N) is 2. The van der Waals surface area contributed by atoms with Crippen molar-refractivity contribution in [1.82, 2.24) is 4.98 Å². The van der Waals surface area contributed by atoms with Crippen molar-refractivity contribution in [2.45, 2.75) is 39.5 Å². The molecule has 0 aliphatic rings. The second-order valence-electron chi connectivity index (χ2n) is 4.60. The first kappa shape index (κ1) is 12.6. The summed E-state index contributed by atoms with van der Waals surface area (Å²) in [7, 11) is 0. The van der Waals surface area contributed by atoms with Gasteiger partial charge in [0.1, 0.15) is 0 Å². The Bertz CT molecular complexity index is 392. The van der Waals surface area contributed by atoms with Crippen LogP contribution in [0, 0.1) is 0 Å². The summed E-state index contributed by atoms with van der Waals surface area (Å²) in [5, 5.41) is 0. The van der Waals surface area contributed by atoms with Gasteiger partial charge in [0.2, 0.25) is 0 Å². The molecule has 0 fully saturated rings. The molecule has 4 N–H and O–H groups in total. The van der Waals surface area contributed by atoms with Crippen LogP contribution in [-0.2, 0) is 0 Å². The minimum Gasteiger partial charge on any atom is -0.405 e. The number of rotatable bonds is 3. The molecule has 0 bridgehead atoms. The van der Waals surface area contributed by atoms with Crippen LogP contribution in [0.4, 0.5) is 5.69 Å². The van der Waals surface area contributed by atoms with E-state index in [0.29, 0.717) is 11.8 Å². The van der Waals surface area contributed by atoms with E-state index in [9.17, 15) is 0 Å². The maximum absolute atomic E-state index is 6.07. The molecular weight excluding hydrogens is 198 g/mol. The molecular formula is C13H21N3. The Labute approximate surface area is 97.6 Å². The topological polar surface area (TPSA) is 64.9 Å². The molecule has 0 atom stereocenters. The van der Waals surface area contributed by atoms with E-state index in [4.69, 9.17) is 11.5 Å². The van der Waals surface area contributed by atoms with Crippen LogP contribution in [0.1, 0.15) is 56.5 Å². The van der Waals surface area contributed by atoms with Crippen molar-refractivity contribution in [1.29, 1.82) is 0 Å². The normalized spacial score (nSPS) is 11.9. The molecule has 1 aromatic rings. The van der Waals surface area contributed by atoms with Crippen molar-refractivity contribution in [3.05, 3.63) is 29.2 Å². The smallest absolute Gasteiger partial charge is 0.0879 e. The highest BCUT2D eigenvalue weighted by Crippen LogP contribution is 2.28. The highest BCUT2D eigenvalue weighted by atomic mass is 14.8. The van der Waals surface area contributed by atoms with E-state index in [2.05, 4.69) is 38.7 Å². The zero-order valence-corrected chi connectivity index (χ0v) is 10.5. The van der Waals surface area contributed by atoms with Gasteiger partial charge >= 0.3 is 0 Å². The van der Waals surface area contributed by atoms with Crippen LogP contribution in [0.3, 0.4) is 0 Å². The Balaban J connectivity index is 3.38. The summed E-state index contributed by atoms with van der Waals surface area (Å²) in [5.41, 5.74) is 15.2. The third kappa shape index (κ3) is 2.54. The number of aromatic nitrogens is 1. The van der Waals surface area contributed by atoms with Gasteiger partial charge in [-0.1, -0.05) is 27.7 Å². The fourth-order valence-corrected chi connectivity index (χ4v) is 1.61. The Hall–Kier alpha value is -1.51. The predicted molar refractivity (Wildman–Crippen MR) is 70.0 cm³/mol. The number of anilines is 1. The molecule has 0 aliphatic carbocycles. The minimum absolute atomic E-state index is 0.392. The average molecular weight is 219 g/mol. The minimum atomic E-state index is 0.392. The summed E-state index contributed by atoms with van der Waals surface area (Å²) in [6, 6.07) is 2.10. The van der Waals surface area contributed by atoms with Gasteiger partial charge in [-0.05, 0) is 35.7 Å². The Kier molecular flexibility index (Phi) is 3.93. The van der Waals surface area contributed by atoms with Crippen LogP contribution in [0.2, 0.25) is 0 Å². The first-order valence-electron chi connectivity index (χ1n) is 5.66. The molecule has 3 nitrogen and oxygen atoms in total. The second-order valence-corrected chi connectivity index (χ2v) is 4.60. The zero-order valence-electron chi connectivity index (χ0n) is 10.5. The molecule has 0 saturated carbocycles. The number of nitrogens with zero attached hydrogens (tertiary/aromatic N) is 1. The molecule has 0 spiro atoms. The highest BCUT2D eigenvalue weighted by molar-refractivity contribution is 5.65. The number of nitrogen functional groups attached to an aromatic ring is 1. The number of hydrogen-bond acceptors (Lipinski definition) is 3. The fourth-order valence-electron chi connectivity index (χ4n) is 1.61. The van der Waals surface area contributed by atoms with Crippen molar-refractivity contribution in [2.24, 2.45) is 5.73 Å². The predicted octanol–water partition coefficient (Wildman–Crippen LogP) is 2.84. The zero-order chi connectivity index (χ0) is 12.3. The molecule has 0 saturated heterocycles. The Morgan fingerprint density at radius 2 is 1.81 bits per heavy atom. The second kappa shape index (κ2) is 5.01. The lowest BCUT2D eigenvalue weighted by Gasteiger charge is -2.15. The summed E-state index contributed by atoms with van der Waals surface area (Å²) >= 11 is 0. The monoisotopic (exact) mass is 219 g/mol. The lowest BCUT2D eigenvalue weighted by atomic mass is 9.97. The Morgan fingerprint density at radius 1 is 1.19 bits per heavy atom. The molecule has 16 heavy (non-hydrogen) atoms. The van der Waals surface area contributed by atoms with Crippen LogP contribution in [0.15, 0.2) is 12.3 Å². The van der Waals surface area contributed by atoms with Gasteiger partial charge in [0.05, 0.1) is 11.4 Å². The molecule has 0 unspecified atom stereocenters. The summed E-state index contributed by atoms with van der Waals surface area (Å²) in [5.74, 6) is 0.786. The molecule has 0 amide bonds. The lowest BCUT2D eigenvalue weighted by molar-refractivity contribution is 0.800. The van der Waals surface area contributed by atoms with Crippen LogP contribution in [0.25, 0.3) is 6.08 Å². The van der Waals surface area contributed by atoms with Gasteiger partial charge < -0.3 is 11.5 Å². The Morgan fingerprint density at radius 3 is 2.25 bits per heavy atom. The van der Waals surface area contributed by atoms with Gasteiger partial charge in [-0.25, -0.2) is 0 Å². The third-order valence-electron chi connectivity index (χ3n) is 2.61. The summed E-state index contributed by atoms with van der Waals surface area (Å²) in [6.07, 6.45) is 3.24. The summed E-state index contributed by atoms with van der Waals surface area (Å²) in [4.78, 5) is 4.51. The van der Waals surface area contributed by atoms with Gasteiger partial charge in [0.15, 0.2) is 0 Å². The standard InChI is InChI=1S/C13H21N3/c1-8(2)10-7-12(9(3)4)16-11(5-6-14)13(10)15/h5-9H,14-15H2,1-4H3/b6-5-. The largest absolute Gasteiger partial charge is 0.405 e. The van der Waals surface area contributed by atoms with Crippen molar-refractivity contribution < 1.29 is 0 Å². The average Bonchev–Trinajstić information content (AvgIpc) is 2.20. The summed E-state index contributed by atoms with van der Waals surface area (Å²) in [6.45, 7) is 8.51. The molecule has 0 radical (unpaired) electrons. The van der Waals surface area contributed by atoms with Crippen LogP contribution >= 0.6 is 0 Å². The molecule has 0 aromatic carbocycles. The maximum atomic E-state index is 6.07. The van der Waals surface area contributed by atoms with Crippen LogP contribution < -0.4 is 11.5 Å². The van der Waals surface area contributed by atoms with Crippen LogP contribution in [-0.4, -0.2) is 4.98 Å². The fraction of sp³-hybridized carbons (Fsp3) is 0.462. The first-order chi connectivity index (χ1) is 7.47. The van der Waals surface area contributed by atoms with E-state index < -0.39 is 0 Å². The molecule has 1 rings (SSSR count). The molecule has 3 heteroatoms. The number of pyridine rings is 1. The van der Waals surface area contributed by atoms with E-state index in [1.807, 2.05) is 0 Å². The van der Waals surface area contributed by atoms with Gasteiger partial charge in [0.25, 0.3) is 0 Å². The molecule has 1 heterocycles. The van der Waals surface area contributed by atoms with Gasteiger partial charge in [-0.15, -0.1) is 0 Å². The first-order valence-corrected chi connectivity index (χ1v) is 5.66. The molecule has 0 aliphatic heterocycles. The van der Waals surface area contributed by atoms with E-state index in [1.54, 1.807) is 6.08 Å². The van der Waals surface area contributed by atoms with Crippen molar-refractivity contribution in [3.8, 4) is 0 Å². The van der Waals surface area contributed by atoms with Crippen LogP contribution in [0.5, 0.6) is 0 Å². The van der Waals surface area contributed by atoms with Gasteiger partial charge in [0, 0.05) is 5.69 Å². The van der Waals surface area contributed by atoms with E-state index >= 15 is 0 Å². The lowest BCUT2D eigenvalue weighted by Crippen LogP contribution is -2.05. The quantitative estimate of drug-likeness (QED) is 0.821. The van der Waals surface area contributed by atoms with Crippen molar-refractivity contribution in [3.63, 3.8) is 0 Å². The van der Waals surface area contributed by atoms with Crippen molar-refractivity contribution in [2.75, 3.05) is 5.73 Å². The van der Waals surface area contributed by atoms with Crippen molar-refractivity contribution >= 4 is 11.8 Å². The van der Waals surface area contributed by atoms with E-state index in [0.717, 1.165) is 22.6 Å².